The summed E-state index contributed by atoms with van der Waals surface area (Å²) in [5, 5.41) is 25.5. The Morgan fingerprint density at radius 2 is 1.79 bits per heavy atom. The van der Waals surface area contributed by atoms with Crippen molar-refractivity contribution in [3.8, 4) is 0 Å². The second kappa shape index (κ2) is 8.87. The van der Waals surface area contributed by atoms with Crippen LogP contribution in [0.25, 0.3) is 0 Å². The van der Waals surface area contributed by atoms with E-state index in [-0.39, 0.29) is 30.8 Å². The third kappa shape index (κ3) is 4.39. The lowest BCUT2D eigenvalue weighted by Gasteiger charge is -2.45. The number of ether oxygens (including phenoxy) is 1. The van der Waals surface area contributed by atoms with E-state index in [9.17, 15) is 24.6 Å². The van der Waals surface area contributed by atoms with E-state index < -0.39 is 41.6 Å². The fourth-order valence-corrected chi connectivity index (χ4v) is 5.53. The lowest BCUT2D eigenvalue weighted by Crippen LogP contribution is -2.55. The van der Waals surface area contributed by atoms with Crippen LogP contribution in [0.1, 0.15) is 45.6 Å². The number of hydrogen-bond donors (Lipinski definition) is 3. The SMILES string of the molecule is CC(C)(C)N1C(=O)[C@H]2[C@H]3[C@H](O)[C@H](O)C/C(=N\NC(=O)OCc4ccccc4)[C@H]3CC[C@H]2C1=O. The highest BCUT2D eigenvalue weighted by atomic mass is 16.6. The summed E-state index contributed by atoms with van der Waals surface area (Å²) in [6.07, 6.45) is -1.93. The Morgan fingerprint density at radius 1 is 1.12 bits per heavy atom. The molecule has 1 aliphatic heterocycles. The quantitative estimate of drug-likeness (QED) is 0.469. The first kappa shape index (κ1) is 23.4. The molecule has 0 unspecified atom stereocenters. The molecule has 6 atom stereocenters. The van der Waals surface area contributed by atoms with Crippen molar-refractivity contribution in [2.24, 2.45) is 28.8 Å². The summed E-state index contributed by atoms with van der Waals surface area (Å²) in [5.41, 5.74) is 3.05. The van der Waals surface area contributed by atoms with Gasteiger partial charge in [0.15, 0.2) is 0 Å². The lowest BCUT2D eigenvalue weighted by atomic mass is 9.60. The molecule has 33 heavy (non-hydrogen) atoms. The molecule has 178 valence electrons. The second-order valence-corrected chi connectivity index (χ2v) is 10.1. The van der Waals surface area contributed by atoms with Crippen molar-refractivity contribution in [1.82, 2.24) is 10.3 Å². The minimum Gasteiger partial charge on any atom is -0.443 e. The summed E-state index contributed by atoms with van der Waals surface area (Å²) in [5.74, 6) is -2.72. The molecule has 0 spiro atoms. The predicted octanol–water partition coefficient (Wildman–Crippen LogP) is 1.82. The number of aliphatic hydroxyl groups excluding tert-OH is 2. The number of benzene rings is 1. The topological polar surface area (TPSA) is 129 Å². The van der Waals surface area contributed by atoms with Crippen LogP contribution in [-0.2, 0) is 20.9 Å². The van der Waals surface area contributed by atoms with Crippen molar-refractivity contribution in [3.05, 3.63) is 35.9 Å². The van der Waals surface area contributed by atoms with Crippen LogP contribution in [0.3, 0.4) is 0 Å². The van der Waals surface area contributed by atoms with Crippen LogP contribution in [-0.4, -0.2) is 56.5 Å². The molecule has 3 amide bonds. The summed E-state index contributed by atoms with van der Waals surface area (Å²) in [4.78, 5) is 39.7. The number of fused-ring (bicyclic) bond motifs is 3. The highest BCUT2D eigenvalue weighted by Gasteiger charge is 2.61. The molecule has 3 fully saturated rings. The zero-order valence-corrected chi connectivity index (χ0v) is 19.1. The largest absolute Gasteiger partial charge is 0.443 e. The molecular formula is C24H31N3O6. The fourth-order valence-electron chi connectivity index (χ4n) is 5.53. The molecule has 0 radical (unpaired) electrons. The van der Waals surface area contributed by atoms with Gasteiger partial charge in [-0.05, 0) is 39.2 Å². The maximum Gasteiger partial charge on any atom is 0.428 e. The molecular weight excluding hydrogens is 426 g/mol. The van der Waals surface area contributed by atoms with Gasteiger partial charge >= 0.3 is 6.09 Å². The van der Waals surface area contributed by atoms with Gasteiger partial charge in [0.2, 0.25) is 11.8 Å². The molecule has 9 nitrogen and oxygen atoms in total. The van der Waals surface area contributed by atoms with Crippen molar-refractivity contribution < 1.29 is 29.3 Å². The van der Waals surface area contributed by atoms with Crippen LogP contribution in [0.5, 0.6) is 0 Å². The Kier molecular flexibility index (Phi) is 6.28. The van der Waals surface area contributed by atoms with Gasteiger partial charge in [-0.2, -0.15) is 5.10 Å². The van der Waals surface area contributed by atoms with Crippen LogP contribution < -0.4 is 5.43 Å². The zero-order chi connectivity index (χ0) is 23.9. The summed E-state index contributed by atoms with van der Waals surface area (Å²) >= 11 is 0. The molecule has 1 aromatic rings. The van der Waals surface area contributed by atoms with E-state index in [0.717, 1.165) is 5.56 Å². The number of amides is 3. The van der Waals surface area contributed by atoms with E-state index in [2.05, 4.69) is 10.5 Å². The molecule has 4 rings (SSSR count). The van der Waals surface area contributed by atoms with E-state index in [4.69, 9.17) is 4.74 Å². The number of imide groups is 1. The van der Waals surface area contributed by atoms with Gasteiger partial charge < -0.3 is 14.9 Å². The smallest absolute Gasteiger partial charge is 0.428 e. The number of rotatable bonds is 3. The van der Waals surface area contributed by atoms with Gasteiger partial charge in [-0.15, -0.1) is 0 Å². The van der Waals surface area contributed by atoms with E-state index >= 15 is 0 Å². The van der Waals surface area contributed by atoms with E-state index in [0.29, 0.717) is 18.6 Å². The van der Waals surface area contributed by atoms with Gasteiger partial charge in [0, 0.05) is 29.5 Å². The minimum absolute atomic E-state index is 0.0732. The zero-order valence-electron chi connectivity index (χ0n) is 19.1. The predicted molar refractivity (Wildman–Crippen MR) is 119 cm³/mol. The number of aliphatic hydroxyl groups is 2. The van der Waals surface area contributed by atoms with Gasteiger partial charge in [-0.3, -0.25) is 14.5 Å². The molecule has 1 aromatic carbocycles. The van der Waals surface area contributed by atoms with Crippen molar-refractivity contribution >= 4 is 23.6 Å². The maximum atomic E-state index is 13.3. The molecule has 1 heterocycles. The Hall–Kier alpha value is -2.78. The number of nitrogens with zero attached hydrogens (tertiary/aromatic N) is 2. The molecule has 0 bridgehead atoms. The van der Waals surface area contributed by atoms with Crippen molar-refractivity contribution in [2.75, 3.05) is 0 Å². The molecule has 2 aliphatic carbocycles. The Balaban J connectivity index is 1.50. The number of carbonyl (C=O) groups is 3. The summed E-state index contributed by atoms with van der Waals surface area (Å²) in [7, 11) is 0. The summed E-state index contributed by atoms with van der Waals surface area (Å²) in [6.45, 7) is 5.51. The second-order valence-electron chi connectivity index (χ2n) is 10.1. The summed E-state index contributed by atoms with van der Waals surface area (Å²) < 4.78 is 5.18. The number of hydrogen-bond acceptors (Lipinski definition) is 7. The maximum absolute atomic E-state index is 13.3. The normalized spacial score (nSPS) is 33.0. The average molecular weight is 458 g/mol. The lowest BCUT2D eigenvalue weighted by molar-refractivity contribution is -0.146. The van der Waals surface area contributed by atoms with Crippen LogP contribution in [0.4, 0.5) is 4.79 Å². The van der Waals surface area contributed by atoms with Crippen LogP contribution in [0.2, 0.25) is 0 Å². The monoisotopic (exact) mass is 457 g/mol. The standard InChI is InChI=1S/C24H31N3O6/c1-24(2,3)27-21(30)15-10-9-14-16(11-17(28)20(29)18(14)19(15)22(27)31)25-26-23(32)33-12-13-7-5-4-6-8-13/h4-8,14-15,17-20,28-29H,9-12H2,1-3H3,(H,26,32)/b25-16+/t14-,15-,17-,18+,19-,20-/m1/s1. The van der Waals surface area contributed by atoms with Gasteiger partial charge in [0.05, 0.1) is 24.0 Å². The third-order valence-electron chi connectivity index (χ3n) is 6.95. The Labute approximate surface area is 192 Å². The fraction of sp³-hybridized carbons (Fsp3) is 0.583. The van der Waals surface area contributed by atoms with E-state index in [1.54, 1.807) is 0 Å². The molecule has 2 saturated carbocycles. The van der Waals surface area contributed by atoms with Gasteiger partial charge in [-0.25, -0.2) is 10.2 Å². The van der Waals surface area contributed by atoms with Crippen molar-refractivity contribution in [3.63, 3.8) is 0 Å². The third-order valence-corrected chi connectivity index (χ3v) is 6.95. The molecule has 0 aromatic heterocycles. The van der Waals surface area contributed by atoms with Gasteiger partial charge in [0.25, 0.3) is 0 Å². The first-order chi connectivity index (χ1) is 15.6. The van der Waals surface area contributed by atoms with Crippen LogP contribution >= 0.6 is 0 Å². The van der Waals surface area contributed by atoms with Gasteiger partial charge in [0.1, 0.15) is 6.61 Å². The highest BCUT2D eigenvalue weighted by Crippen LogP contribution is 2.50. The number of likely N-dealkylation sites (tertiary alicyclic amines) is 1. The minimum atomic E-state index is -1.15. The van der Waals surface area contributed by atoms with Gasteiger partial charge in [-0.1, -0.05) is 30.3 Å². The molecule has 9 heteroatoms. The van der Waals surface area contributed by atoms with Crippen LogP contribution in [0.15, 0.2) is 35.4 Å². The molecule has 3 N–H and O–H groups in total. The highest BCUT2D eigenvalue weighted by molar-refractivity contribution is 6.06. The number of nitrogens with one attached hydrogen (secondary N) is 1. The van der Waals surface area contributed by atoms with Crippen molar-refractivity contribution in [1.29, 1.82) is 0 Å². The van der Waals surface area contributed by atoms with Crippen molar-refractivity contribution in [2.45, 2.75) is 64.4 Å². The molecule has 3 aliphatic rings. The number of hydrazone groups is 1. The molecule has 1 saturated heterocycles. The summed E-state index contributed by atoms with van der Waals surface area (Å²) in [6, 6.07) is 9.23. The Morgan fingerprint density at radius 3 is 2.45 bits per heavy atom. The first-order valence-corrected chi connectivity index (χ1v) is 11.4. The van der Waals surface area contributed by atoms with Crippen LogP contribution in [0, 0.1) is 23.7 Å². The van der Waals surface area contributed by atoms with E-state index in [1.165, 1.54) is 4.90 Å². The van der Waals surface area contributed by atoms with E-state index in [1.807, 2.05) is 51.1 Å². The Bertz CT molecular complexity index is 957. The number of carbonyl (C=O) groups excluding carboxylic acids is 3. The average Bonchev–Trinajstić information content (AvgIpc) is 3.04. The first-order valence-electron chi connectivity index (χ1n) is 11.4.